The van der Waals surface area contributed by atoms with E-state index in [2.05, 4.69) is 11.0 Å². The molecule has 0 aliphatic rings. The van der Waals surface area contributed by atoms with E-state index in [9.17, 15) is 4.79 Å². The summed E-state index contributed by atoms with van der Waals surface area (Å²) in [6.07, 6.45) is 8.06. The number of carboxylic acid groups (broad SMARTS) is 1. The molecule has 0 aliphatic heterocycles. The molecular weight excluding hydrogens is 194 g/mol. The Morgan fingerprint density at radius 3 is 2.07 bits per heavy atom. The molecule has 5 heteroatoms. The van der Waals surface area contributed by atoms with E-state index in [1.807, 2.05) is 0 Å². The van der Waals surface area contributed by atoms with Gasteiger partial charge in [-0.15, -0.1) is 0 Å². The summed E-state index contributed by atoms with van der Waals surface area (Å²) in [5, 5.41) is 8.41. The van der Waals surface area contributed by atoms with E-state index in [1.165, 1.54) is 19.3 Å². The fraction of sp³-hybridized carbons (Fsp3) is 0.900. The largest absolute Gasteiger partial charge is 0.481 e. The van der Waals surface area contributed by atoms with Gasteiger partial charge in [0.25, 0.3) is 0 Å². The Labute approximate surface area is 91.4 Å². The molecule has 0 aliphatic carbocycles. The van der Waals surface area contributed by atoms with E-state index in [-0.39, 0.29) is 0 Å². The fourth-order valence-electron chi connectivity index (χ4n) is 1.45. The van der Waals surface area contributed by atoms with Gasteiger partial charge in [0.1, 0.15) is 0 Å². The van der Waals surface area contributed by atoms with Crippen molar-refractivity contribution in [3.8, 4) is 0 Å². The number of hydrazine groups is 2. The number of rotatable bonds is 11. The minimum Gasteiger partial charge on any atom is -0.481 e. The van der Waals surface area contributed by atoms with Gasteiger partial charge in [-0.05, 0) is 12.8 Å². The highest BCUT2D eigenvalue weighted by atomic mass is 16.4. The van der Waals surface area contributed by atoms with Gasteiger partial charge in [0.2, 0.25) is 0 Å². The van der Waals surface area contributed by atoms with Crippen LogP contribution in [0, 0.1) is 0 Å². The Morgan fingerprint density at radius 2 is 1.53 bits per heavy atom. The van der Waals surface area contributed by atoms with Crippen molar-refractivity contribution in [2.24, 2.45) is 5.84 Å². The molecular formula is C10H23N3O2. The third-order valence-electron chi connectivity index (χ3n) is 2.29. The molecule has 0 unspecified atom stereocenters. The zero-order valence-electron chi connectivity index (χ0n) is 9.30. The van der Waals surface area contributed by atoms with Crippen LogP contribution in [0.5, 0.6) is 0 Å². The molecule has 0 spiro atoms. The summed E-state index contributed by atoms with van der Waals surface area (Å²) in [4.78, 5) is 10.2. The minimum atomic E-state index is -0.685. The Kier molecular flexibility index (Phi) is 10.9. The number of aliphatic carboxylic acids is 1. The van der Waals surface area contributed by atoms with Crippen molar-refractivity contribution >= 4 is 5.97 Å². The van der Waals surface area contributed by atoms with Crippen LogP contribution in [0.25, 0.3) is 0 Å². The highest BCUT2D eigenvalue weighted by molar-refractivity contribution is 5.66. The molecule has 90 valence electrons. The molecule has 0 rings (SSSR count). The molecule has 5 nitrogen and oxygen atoms in total. The van der Waals surface area contributed by atoms with Crippen LogP contribution in [0.4, 0.5) is 0 Å². The van der Waals surface area contributed by atoms with E-state index in [0.717, 1.165) is 32.2 Å². The monoisotopic (exact) mass is 217 g/mol. The van der Waals surface area contributed by atoms with Gasteiger partial charge in [0.05, 0.1) is 0 Å². The predicted octanol–water partition coefficient (Wildman–Crippen LogP) is 1.16. The standard InChI is InChI=1S/C10H23N3O2/c11-13-12-9-7-5-3-1-2-4-6-8-10(14)15/h12-13H,1-9,11H2,(H,14,15). The van der Waals surface area contributed by atoms with E-state index in [0.29, 0.717) is 6.42 Å². The molecule has 0 bridgehead atoms. The Balaban J connectivity index is 2.89. The second kappa shape index (κ2) is 11.4. The lowest BCUT2D eigenvalue weighted by Gasteiger charge is -2.02. The first kappa shape index (κ1) is 14.3. The molecule has 0 aromatic rings. The molecule has 0 saturated heterocycles. The van der Waals surface area contributed by atoms with Crippen LogP contribution >= 0.6 is 0 Å². The summed E-state index contributed by atoms with van der Waals surface area (Å²) in [5.74, 6) is 4.35. The van der Waals surface area contributed by atoms with Crippen molar-refractivity contribution in [2.75, 3.05) is 6.54 Å². The van der Waals surface area contributed by atoms with E-state index < -0.39 is 5.97 Å². The second-order valence-electron chi connectivity index (χ2n) is 3.69. The molecule has 0 amide bonds. The number of carbonyl (C=O) groups is 1. The zero-order valence-corrected chi connectivity index (χ0v) is 9.30. The van der Waals surface area contributed by atoms with Gasteiger partial charge in [0, 0.05) is 13.0 Å². The summed E-state index contributed by atoms with van der Waals surface area (Å²) in [5.41, 5.74) is 5.23. The fourth-order valence-corrected chi connectivity index (χ4v) is 1.45. The van der Waals surface area contributed by atoms with Crippen LogP contribution in [-0.4, -0.2) is 17.6 Å². The smallest absolute Gasteiger partial charge is 0.303 e. The quantitative estimate of drug-likeness (QED) is 0.237. The molecule has 0 saturated carbocycles. The van der Waals surface area contributed by atoms with Gasteiger partial charge in [-0.1, -0.05) is 32.1 Å². The normalized spacial score (nSPS) is 10.5. The minimum absolute atomic E-state index is 0.312. The molecule has 0 atom stereocenters. The van der Waals surface area contributed by atoms with Crippen molar-refractivity contribution < 1.29 is 9.90 Å². The lowest BCUT2D eigenvalue weighted by molar-refractivity contribution is -0.137. The maximum absolute atomic E-state index is 10.2. The maximum Gasteiger partial charge on any atom is 0.303 e. The van der Waals surface area contributed by atoms with Crippen molar-refractivity contribution in [3.63, 3.8) is 0 Å². The third-order valence-corrected chi connectivity index (χ3v) is 2.29. The van der Waals surface area contributed by atoms with Crippen molar-refractivity contribution in [1.29, 1.82) is 0 Å². The van der Waals surface area contributed by atoms with Gasteiger partial charge in [-0.2, -0.15) is 5.53 Å². The van der Waals surface area contributed by atoms with Crippen molar-refractivity contribution in [3.05, 3.63) is 0 Å². The predicted molar refractivity (Wildman–Crippen MR) is 59.9 cm³/mol. The zero-order chi connectivity index (χ0) is 11.4. The molecule has 5 N–H and O–H groups in total. The average molecular weight is 217 g/mol. The van der Waals surface area contributed by atoms with Gasteiger partial charge in [-0.3, -0.25) is 10.6 Å². The van der Waals surface area contributed by atoms with E-state index >= 15 is 0 Å². The van der Waals surface area contributed by atoms with Crippen molar-refractivity contribution in [2.45, 2.75) is 51.4 Å². The molecule has 0 aromatic heterocycles. The molecule has 0 aromatic carbocycles. The maximum atomic E-state index is 10.2. The van der Waals surface area contributed by atoms with Crippen LogP contribution in [0.15, 0.2) is 0 Å². The van der Waals surface area contributed by atoms with E-state index in [4.69, 9.17) is 10.9 Å². The first-order valence-electron chi connectivity index (χ1n) is 5.67. The Bertz CT molecular complexity index is 154. The van der Waals surface area contributed by atoms with Gasteiger partial charge < -0.3 is 5.11 Å². The molecule has 15 heavy (non-hydrogen) atoms. The number of nitrogens with two attached hydrogens (primary N) is 1. The first-order valence-corrected chi connectivity index (χ1v) is 5.67. The number of unbranched alkanes of at least 4 members (excludes halogenated alkanes) is 6. The molecule has 0 fully saturated rings. The number of hydrogen-bond acceptors (Lipinski definition) is 4. The van der Waals surface area contributed by atoms with Gasteiger partial charge in [-0.25, -0.2) is 5.43 Å². The summed E-state index contributed by atoms with van der Waals surface area (Å²) >= 11 is 0. The van der Waals surface area contributed by atoms with Crippen molar-refractivity contribution in [1.82, 2.24) is 11.0 Å². The molecule has 0 heterocycles. The summed E-state index contributed by atoms with van der Waals surface area (Å²) in [6.45, 7) is 0.898. The highest BCUT2D eigenvalue weighted by Crippen LogP contribution is 2.08. The van der Waals surface area contributed by atoms with Crippen LogP contribution in [0.2, 0.25) is 0 Å². The topological polar surface area (TPSA) is 87.4 Å². The lowest BCUT2D eigenvalue weighted by atomic mass is 10.1. The molecule has 0 radical (unpaired) electrons. The number of nitrogens with one attached hydrogen (secondary N) is 2. The van der Waals surface area contributed by atoms with Crippen LogP contribution < -0.4 is 16.8 Å². The second-order valence-corrected chi connectivity index (χ2v) is 3.69. The summed E-state index contributed by atoms with van der Waals surface area (Å²) in [7, 11) is 0. The van der Waals surface area contributed by atoms with Gasteiger partial charge >= 0.3 is 5.97 Å². The SMILES string of the molecule is NNNCCCCCCCCCC(=O)O. The van der Waals surface area contributed by atoms with E-state index in [1.54, 1.807) is 0 Å². The Hall–Kier alpha value is -0.650. The van der Waals surface area contributed by atoms with Crippen LogP contribution in [0.3, 0.4) is 0 Å². The third kappa shape index (κ3) is 13.3. The average Bonchev–Trinajstić information content (AvgIpc) is 2.20. The van der Waals surface area contributed by atoms with Crippen LogP contribution in [0.1, 0.15) is 51.4 Å². The number of carboxylic acids is 1. The lowest BCUT2D eigenvalue weighted by Crippen LogP contribution is -2.38. The highest BCUT2D eigenvalue weighted by Gasteiger charge is 1.96. The Morgan fingerprint density at radius 1 is 1.00 bits per heavy atom. The van der Waals surface area contributed by atoms with Crippen LogP contribution in [-0.2, 0) is 4.79 Å². The summed E-state index contributed by atoms with van der Waals surface area (Å²) in [6, 6.07) is 0. The van der Waals surface area contributed by atoms with Gasteiger partial charge in [0.15, 0.2) is 0 Å². The first-order chi connectivity index (χ1) is 7.27. The summed E-state index contributed by atoms with van der Waals surface area (Å²) < 4.78 is 0. The number of hydrogen-bond donors (Lipinski definition) is 4.